The first kappa shape index (κ1) is 22.7. The quantitative estimate of drug-likeness (QED) is 0.637. The lowest BCUT2D eigenvalue weighted by Gasteiger charge is -2.34. The van der Waals surface area contributed by atoms with Gasteiger partial charge in [0, 0.05) is 6.54 Å². The summed E-state index contributed by atoms with van der Waals surface area (Å²) in [7, 11) is -3.69. The van der Waals surface area contributed by atoms with Crippen molar-refractivity contribution in [3.63, 3.8) is 0 Å². The molecule has 0 aromatic heterocycles. The van der Waals surface area contributed by atoms with Crippen molar-refractivity contribution in [2.45, 2.75) is 43.9 Å². The molecule has 2 atom stereocenters. The molecule has 6 nitrogen and oxygen atoms in total. The zero-order valence-electron chi connectivity index (χ0n) is 16.8. The van der Waals surface area contributed by atoms with E-state index in [-0.39, 0.29) is 24.4 Å². The van der Waals surface area contributed by atoms with Gasteiger partial charge in [0.05, 0.1) is 6.04 Å². The highest BCUT2D eigenvalue weighted by Crippen LogP contribution is 2.57. The molecule has 2 aliphatic heterocycles. The number of carbonyl (C=O) groups excluding carboxylic acids is 1. The maximum Gasteiger partial charge on any atom is 0.453 e. The molecule has 2 aromatic carbocycles. The van der Waals surface area contributed by atoms with Gasteiger partial charge in [0.1, 0.15) is 11.5 Å². The van der Waals surface area contributed by atoms with Gasteiger partial charge in [-0.25, -0.2) is 4.57 Å². The van der Waals surface area contributed by atoms with Crippen molar-refractivity contribution in [1.29, 1.82) is 0 Å². The molecule has 0 saturated carbocycles. The Kier molecular flexibility index (Phi) is 7.81. The van der Waals surface area contributed by atoms with E-state index in [1.807, 2.05) is 36.4 Å². The Bertz CT molecular complexity index is 816. The number of carbonyl (C=O) groups is 1. The van der Waals surface area contributed by atoms with E-state index in [2.05, 4.69) is 5.32 Å². The Morgan fingerprint density at radius 3 is 2.03 bits per heavy atom. The van der Waals surface area contributed by atoms with E-state index in [0.29, 0.717) is 24.5 Å². The van der Waals surface area contributed by atoms with Crippen LogP contribution in [-0.4, -0.2) is 35.7 Å². The maximum absolute atomic E-state index is 14.1. The van der Waals surface area contributed by atoms with Gasteiger partial charge in [-0.2, -0.15) is 0 Å². The summed E-state index contributed by atoms with van der Waals surface area (Å²) in [6, 6.07) is 17.8. The molecule has 1 amide bonds. The van der Waals surface area contributed by atoms with Crippen LogP contribution in [0.2, 0.25) is 0 Å². The molecular formula is C22H28ClN2O4P. The van der Waals surface area contributed by atoms with Gasteiger partial charge < -0.3 is 19.3 Å². The monoisotopic (exact) mass is 450 g/mol. The normalized spacial score (nSPS) is 21.5. The summed E-state index contributed by atoms with van der Waals surface area (Å²) in [5.74, 6) is 0.351. The average Bonchev–Trinajstić information content (AvgIpc) is 3.26. The summed E-state index contributed by atoms with van der Waals surface area (Å²) in [6.45, 7) is 1.41. The molecule has 2 aliphatic rings. The van der Waals surface area contributed by atoms with Crippen molar-refractivity contribution < 1.29 is 18.4 Å². The standard InChI is InChI=1S/C22H27N2O4P.ClH/c25-22(20-14-7-8-16-23-20)24-17-9-15-21(24)29(26,27-18-10-3-1-4-11-18)28-19-12-5-2-6-13-19;/h1-6,10-13,20-21,23H,7-9,14-17H2;1H/t20-,21-;/m0./s1. The molecule has 4 rings (SSSR count). The van der Waals surface area contributed by atoms with Crippen LogP contribution in [-0.2, 0) is 9.36 Å². The van der Waals surface area contributed by atoms with E-state index in [9.17, 15) is 9.36 Å². The number of hydrogen-bond acceptors (Lipinski definition) is 5. The van der Waals surface area contributed by atoms with E-state index in [1.165, 1.54) is 0 Å². The molecular weight excluding hydrogens is 423 g/mol. The third-order valence-electron chi connectivity index (χ3n) is 5.43. The first-order chi connectivity index (χ1) is 14.2. The number of piperidine rings is 1. The number of hydrogen-bond donors (Lipinski definition) is 1. The summed E-state index contributed by atoms with van der Waals surface area (Å²) >= 11 is 0. The fraction of sp³-hybridized carbons (Fsp3) is 0.409. The number of para-hydroxylation sites is 2. The first-order valence-electron chi connectivity index (χ1n) is 10.3. The predicted octanol–water partition coefficient (Wildman–Crippen LogP) is 4.85. The van der Waals surface area contributed by atoms with E-state index >= 15 is 0 Å². The number of likely N-dealkylation sites (tertiary alicyclic amines) is 1. The summed E-state index contributed by atoms with van der Waals surface area (Å²) < 4.78 is 26.0. The molecule has 30 heavy (non-hydrogen) atoms. The molecule has 162 valence electrons. The van der Waals surface area contributed by atoms with Crippen LogP contribution in [0.15, 0.2) is 60.7 Å². The van der Waals surface area contributed by atoms with Gasteiger partial charge in [-0.3, -0.25) is 4.79 Å². The fourth-order valence-corrected chi connectivity index (χ4v) is 6.18. The molecule has 8 heteroatoms. The summed E-state index contributed by atoms with van der Waals surface area (Å²) in [5.41, 5.74) is 0. The highest BCUT2D eigenvalue weighted by molar-refractivity contribution is 7.55. The Hall–Kier alpha value is -2.01. The summed E-state index contributed by atoms with van der Waals surface area (Å²) in [4.78, 5) is 14.9. The largest absolute Gasteiger partial charge is 0.453 e. The molecule has 2 heterocycles. The van der Waals surface area contributed by atoms with E-state index in [1.54, 1.807) is 29.2 Å². The molecule has 0 unspecified atom stereocenters. The number of nitrogens with one attached hydrogen (secondary N) is 1. The van der Waals surface area contributed by atoms with Crippen molar-refractivity contribution in [2.24, 2.45) is 0 Å². The van der Waals surface area contributed by atoms with Crippen LogP contribution in [0.5, 0.6) is 11.5 Å². The molecule has 1 N–H and O–H groups in total. The topological polar surface area (TPSA) is 67.9 Å². The summed E-state index contributed by atoms with van der Waals surface area (Å²) in [5, 5.41) is 3.30. The SMILES string of the molecule is Cl.O=C([C@@H]1CCCCN1)N1CCC[C@@H]1P(=O)(Oc1ccccc1)Oc1ccccc1. The molecule has 2 aromatic rings. The van der Waals surface area contributed by atoms with Crippen molar-refractivity contribution >= 4 is 25.9 Å². The van der Waals surface area contributed by atoms with Gasteiger partial charge in [-0.05, 0) is 56.5 Å². The van der Waals surface area contributed by atoms with Crippen molar-refractivity contribution in [1.82, 2.24) is 10.2 Å². The maximum atomic E-state index is 14.1. The van der Waals surface area contributed by atoms with E-state index in [4.69, 9.17) is 9.05 Å². The minimum Gasteiger partial charge on any atom is -0.415 e. The van der Waals surface area contributed by atoms with Crippen LogP contribution < -0.4 is 14.4 Å². The molecule has 0 bridgehead atoms. The zero-order valence-corrected chi connectivity index (χ0v) is 18.5. The Balaban J connectivity index is 0.00000256. The van der Waals surface area contributed by atoms with Crippen LogP contribution in [0.4, 0.5) is 0 Å². The third kappa shape index (κ3) is 5.18. The molecule has 0 radical (unpaired) electrons. The number of rotatable bonds is 6. The zero-order chi connectivity index (χ0) is 20.1. The van der Waals surface area contributed by atoms with Gasteiger partial charge in [0.15, 0.2) is 5.78 Å². The minimum absolute atomic E-state index is 0. The van der Waals surface area contributed by atoms with Gasteiger partial charge in [-0.15, -0.1) is 12.4 Å². The Labute approximate surface area is 183 Å². The fourth-order valence-electron chi connectivity index (χ4n) is 3.99. The second-order valence-electron chi connectivity index (χ2n) is 7.51. The Morgan fingerprint density at radius 2 is 1.50 bits per heavy atom. The van der Waals surface area contributed by atoms with Crippen LogP contribution in [0.3, 0.4) is 0 Å². The highest BCUT2D eigenvalue weighted by Gasteiger charge is 2.48. The molecule has 2 saturated heterocycles. The second-order valence-corrected chi connectivity index (χ2v) is 9.55. The number of amides is 1. The minimum atomic E-state index is -3.69. The van der Waals surface area contributed by atoms with Crippen LogP contribution >= 0.6 is 20.0 Å². The lowest BCUT2D eigenvalue weighted by molar-refractivity contribution is -0.133. The molecule has 0 aliphatic carbocycles. The van der Waals surface area contributed by atoms with Crippen LogP contribution in [0.25, 0.3) is 0 Å². The number of benzene rings is 2. The van der Waals surface area contributed by atoms with Crippen LogP contribution in [0.1, 0.15) is 32.1 Å². The number of halogens is 1. The lowest BCUT2D eigenvalue weighted by atomic mass is 10.0. The predicted molar refractivity (Wildman–Crippen MR) is 119 cm³/mol. The molecule has 2 fully saturated rings. The van der Waals surface area contributed by atoms with Gasteiger partial charge >= 0.3 is 7.60 Å². The van der Waals surface area contributed by atoms with Crippen molar-refractivity contribution in [3.8, 4) is 11.5 Å². The molecule has 0 spiro atoms. The number of nitrogens with zero attached hydrogens (tertiary/aromatic N) is 1. The first-order valence-corrected chi connectivity index (χ1v) is 11.9. The average molecular weight is 451 g/mol. The van der Waals surface area contributed by atoms with Gasteiger partial charge in [0.2, 0.25) is 5.91 Å². The van der Waals surface area contributed by atoms with Gasteiger partial charge in [-0.1, -0.05) is 42.8 Å². The van der Waals surface area contributed by atoms with Crippen molar-refractivity contribution in [2.75, 3.05) is 13.1 Å². The van der Waals surface area contributed by atoms with Gasteiger partial charge in [0.25, 0.3) is 0 Å². The summed E-state index contributed by atoms with van der Waals surface area (Å²) in [6.07, 6.45) is 4.30. The third-order valence-corrected chi connectivity index (χ3v) is 7.63. The van der Waals surface area contributed by atoms with Crippen molar-refractivity contribution in [3.05, 3.63) is 60.7 Å². The van der Waals surface area contributed by atoms with E-state index in [0.717, 1.165) is 32.2 Å². The van der Waals surface area contributed by atoms with E-state index < -0.39 is 13.4 Å². The highest BCUT2D eigenvalue weighted by atomic mass is 35.5. The Morgan fingerprint density at radius 1 is 0.900 bits per heavy atom. The smallest absolute Gasteiger partial charge is 0.415 e. The second kappa shape index (κ2) is 10.3. The lowest BCUT2D eigenvalue weighted by Crippen LogP contribution is -2.50. The van der Waals surface area contributed by atoms with Crippen LogP contribution in [0, 0.1) is 0 Å².